The third-order valence-corrected chi connectivity index (χ3v) is 3.29. The molecule has 20 heavy (non-hydrogen) atoms. The lowest BCUT2D eigenvalue weighted by atomic mass is 10.1. The van der Waals surface area contributed by atoms with Gasteiger partial charge in [-0.05, 0) is 38.0 Å². The van der Waals surface area contributed by atoms with Crippen molar-refractivity contribution in [2.24, 2.45) is 0 Å². The fraction of sp³-hybridized carbons (Fsp3) is 0.294. The predicted molar refractivity (Wildman–Crippen MR) is 80.7 cm³/mol. The van der Waals surface area contributed by atoms with Crippen molar-refractivity contribution in [3.8, 4) is 0 Å². The monoisotopic (exact) mass is 268 g/mol. The van der Waals surface area contributed by atoms with Crippen molar-refractivity contribution in [3.05, 3.63) is 65.5 Å². The molecule has 0 aliphatic carbocycles. The van der Waals surface area contributed by atoms with Gasteiger partial charge >= 0.3 is 0 Å². The maximum atomic E-state index is 12.4. The molecule has 0 spiro atoms. The Balaban J connectivity index is 2.03. The number of hydrogen-bond acceptors (Lipinski definition) is 2. The van der Waals surface area contributed by atoms with Gasteiger partial charge in [0.2, 0.25) is 0 Å². The maximum absolute atomic E-state index is 12.4. The summed E-state index contributed by atoms with van der Waals surface area (Å²) in [7, 11) is 0. The summed E-state index contributed by atoms with van der Waals surface area (Å²) >= 11 is 0. The van der Waals surface area contributed by atoms with Crippen LogP contribution in [-0.4, -0.2) is 28.9 Å². The Hall–Kier alpha value is -2.16. The predicted octanol–water partition coefficient (Wildman–Crippen LogP) is 3.09. The minimum absolute atomic E-state index is 0.00660. The minimum atomic E-state index is 0.00660. The Kier molecular flexibility index (Phi) is 4.88. The topological polar surface area (TPSA) is 33.2 Å². The maximum Gasteiger partial charge on any atom is 0.272 e. The number of likely N-dealkylation sites (N-methyl/N-ethyl adjacent to an activating group) is 1. The first-order valence-corrected chi connectivity index (χ1v) is 6.97. The van der Waals surface area contributed by atoms with E-state index in [9.17, 15) is 4.79 Å². The zero-order valence-electron chi connectivity index (χ0n) is 12.0. The molecule has 104 valence electrons. The van der Waals surface area contributed by atoms with Crippen molar-refractivity contribution in [3.63, 3.8) is 0 Å². The molecular formula is C17H20N2O. The zero-order chi connectivity index (χ0) is 14.4. The van der Waals surface area contributed by atoms with Gasteiger partial charge in [0.25, 0.3) is 5.91 Å². The number of rotatable bonds is 5. The van der Waals surface area contributed by atoms with Crippen molar-refractivity contribution in [1.82, 2.24) is 9.88 Å². The first-order valence-electron chi connectivity index (χ1n) is 6.97. The van der Waals surface area contributed by atoms with Crippen molar-refractivity contribution in [2.75, 3.05) is 13.1 Å². The summed E-state index contributed by atoms with van der Waals surface area (Å²) in [4.78, 5) is 18.6. The number of hydrogen-bond donors (Lipinski definition) is 0. The third kappa shape index (κ3) is 3.67. The van der Waals surface area contributed by atoms with E-state index in [-0.39, 0.29) is 5.91 Å². The van der Waals surface area contributed by atoms with Crippen LogP contribution in [0.4, 0.5) is 0 Å². The smallest absolute Gasteiger partial charge is 0.272 e. The van der Waals surface area contributed by atoms with Gasteiger partial charge in [-0.25, -0.2) is 4.98 Å². The van der Waals surface area contributed by atoms with E-state index < -0.39 is 0 Å². The quantitative estimate of drug-likeness (QED) is 0.835. The second-order valence-corrected chi connectivity index (χ2v) is 4.78. The van der Waals surface area contributed by atoms with Crippen molar-refractivity contribution >= 4 is 5.91 Å². The van der Waals surface area contributed by atoms with E-state index in [0.29, 0.717) is 12.2 Å². The normalized spacial score (nSPS) is 10.3. The average molecular weight is 268 g/mol. The molecular weight excluding hydrogens is 248 g/mol. The molecule has 1 amide bonds. The number of benzene rings is 1. The molecule has 0 unspecified atom stereocenters. The summed E-state index contributed by atoms with van der Waals surface area (Å²) in [6.07, 6.45) is 0.867. The van der Waals surface area contributed by atoms with E-state index >= 15 is 0 Å². The number of nitrogens with zero attached hydrogens (tertiary/aromatic N) is 2. The van der Waals surface area contributed by atoms with E-state index in [4.69, 9.17) is 0 Å². The number of amides is 1. The minimum Gasteiger partial charge on any atom is -0.337 e. The van der Waals surface area contributed by atoms with Crippen LogP contribution in [0.5, 0.6) is 0 Å². The molecule has 0 atom stereocenters. The molecule has 0 aliphatic rings. The second-order valence-electron chi connectivity index (χ2n) is 4.78. The molecule has 1 heterocycles. The molecule has 3 nitrogen and oxygen atoms in total. The molecule has 0 radical (unpaired) electrons. The van der Waals surface area contributed by atoms with Crippen molar-refractivity contribution in [1.29, 1.82) is 0 Å². The van der Waals surface area contributed by atoms with Gasteiger partial charge in [0, 0.05) is 18.8 Å². The van der Waals surface area contributed by atoms with Gasteiger partial charge < -0.3 is 4.90 Å². The number of aryl methyl sites for hydroxylation is 1. The van der Waals surface area contributed by atoms with Crippen LogP contribution in [0.15, 0.2) is 48.5 Å². The first kappa shape index (κ1) is 14.3. The Bertz CT molecular complexity index is 566. The number of carbonyl (C=O) groups excluding carboxylic acids is 1. The van der Waals surface area contributed by atoms with Crippen LogP contribution >= 0.6 is 0 Å². The fourth-order valence-corrected chi connectivity index (χ4v) is 2.14. The first-order chi connectivity index (χ1) is 9.70. The van der Waals surface area contributed by atoms with E-state index in [2.05, 4.69) is 17.1 Å². The summed E-state index contributed by atoms with van der Waals surface area (Å²) in [5.74, 6) is 0.00660. The van der Waals surface area contributed by atoms with E-state index in [1.165, 1.54) is 5.56 Å². The highest BCUT2D eigenvalue weighted by atomic mass is 16.2. The van der Waals surface area contributed by atoms with Gasteiger partial charge in [0.05, 0.1) is 0 Å². The highest BCUT2D eigenvalue weighted by Gasteiger charge is 2.15. The van der Waals surface area contributed by atoms with Gasteiger partial charge in [-0.1, -0.05) is 36.4 Å². The summed E-state index contributed by atoms with van der Waals surface area (Å²) in [6, 6.07) is 15.8. The van der Waals surface area contributed by atoms with Gasteiger partial charge in [0.1, 0.15) is 5.69 Å². The second kappa shape index (κ2) is 6.85. The highest BCUT2D eigenvalue weighted by Crippen LogP contribution is 2.06. The molecule has 0 fully saturated rings. The Labute approximate surface area is 120 Å². The van der Waals surface area contributed by atoms with E-state index in [0.717, 1.165) is 18.7 Å². The Morgan fingerprint density at radius 1 is 1.10 bits per heavy atom. The van der Waals surface area contributed by atoms with Crippen LogP contribution in [0.25, 0.3) is 0 Å². The third-order valence-electron chi connectivity index (χ3n) is 3.29. The SMILES string of the molecule is CCN(CCc1ccccc1)C(=O)c1cccc(C)n1. The van der Waals surface area contributed by atoms with Crippen molar-refractivity contribution in [2.45, 2.75) is 20.3 Å². The summed E-state index contributed by atoms with van der Waals surface area (Å²) in [6.45, 7) is 5.31. The van der Waals surface area contributed by atoms with E-state index in [1.54, 1.807) is 6.07 Å². The van der Waals surface area contributed by atoms with Crippen LogP contribution < -0.4 is 0 Å². The van der Waals surface area contributed by atoms with Crippen LogP contribution in [-0.2, 0) is 6.42 Å². The van der Waals surface area contributed by atoms with Crippen LogP contribution in [0.3, 0.4) is 0 Å². The number of carbonyl (C=O) groups is 1. The number of aromatic nitrogens is 1. The molecule has 2 rings (SSSR count). The standard InChI is InChI=1S/C17H20N2O/c1-3-19(13-12-15-9-5-4-6-10-15)17(20)16-11-7-8-14(2)18-16/h4-11H,3,12-13H2,1-2H3. The van der Waals surface area contributed by atoms with Gasteiger partial charge in [-0.3, -0.25) is 4.79 Å². The van der Waals surface area contributed by atoms with Gasteiger partial charge in [-0.2, -0.15) is 0 Å². The molecule has 0 N–H and O–H groups in total. The van der Waals surface area contributed by atoms with E-state index in [1.807, 2.05) is 49.1 Å². The fourth-order valence-electron chi connectivity index (χ4n) is 2.14. The molecule has 0 aliphatic heterocycles. The number of pyridine rings is 1. The van der Waals surface area contributed by atoms with Crippen molar-refractivity contribution < 1.29 is 4.79 Å². The molecule has 0 saturated heterocycles. The van der Waals surface area contributed by atoms with Gasteiger partial charge in [0.15, 0.2) is 0 Å². The molecule has 1 aromatic carbocycles. The van der Waals surface area contributed by atoms with Crippen LogP contribution in [0, 0.1) is 6.92 Å². The molecule has 0 saturated carbocycles. The molecule has 2 aromatic rings. The largest absolute Gasteiger partial charge is 0.337 e. The molecule has 3 heteroatoms. The Morgan fingerprint density at radius 3 is 2.50 bits per heavy atom. The molecule has 0 bridgehead atoms. The lowest BCUT2D eigenvalue weighted by Gasteiger charge is -2.20. The molecule has 1 aromatic heterocycles. The summed E-state index contributed by atoms with van der Waals surface area (Å²) < 4.78 is 0. The van der Waals surface area contributed by atoms with Gasteiger partial charge in [-0.15, -0.1) is 0 Å². The highest BCUT2D eigenvalue weighted by molar-refractivity contribution is 5.92. The van der Waals surface area contributed by atoms with Crippen LogP contribution in [0.1, 0.15) is 28.7 Å². The zero-order valence-corrected chi connectivity index (χ0v) is 12.0. The summed E-state index contributed by atoms with van der Waals surface area (Å²) in [5.41, 5.74) is 2.64. The average Bonchev–Trinajstić information content (AvgIpc) is 2.48. The Morgan fingerprint density at radius 2 is 1.85 bits per heavy atom. The lowest BCUT2D eigenvalue weighted by Crippen LogP contribution is -2.33. The summed E-state index contributed by atoms with van der Waals surface area (Å²) in [5, 5.41) is 0. The lowest BCUT2D eigenvalue weighted by molar-refractivity contribution is 0.0760. The van der Waals surface area contributed by atoms with Crippen LogP contribution in [0.2, 0.25) is 0 Å².